The van der Waals surface area contributed by atoms with Crippen molar-refractivity contribution in [1.82, 2.24) is 9.78 Å². The zero-order valence-corrected chi connectivity index (χ0v) is 12.1. The van der Waals surface area contributed by atoms with Crippen LogP contribution in [0.15, 0.2) is 35.1 Å². The van der Waals surface area contributed by atoms with Crippen LogP contribution in [0.4, 0.5) is 13.2 Å². The number of benzene rings is 1. The number of alkyl halides is 3. The summed E-state index contributed by atoms with van der Waals surface area (Å²) in [6, 6.07) is 5.87. The second-order valence-corrected chi connectivity index (χ2v) is 5.32. The maximum Gasteiger partial charge on any atom is 0.573 e. The summed E-state index contributed by atoms with van der Waals surface area (Å²) in [5, 5.41) is 13.2. The highest BCUT2D eigenvalue weighted by Gasteiger charge is 2.31. The van der Waals surface area contributed by atoms with E-state index in [1.807, 2.05) is 0 Å². The number of carboxylic acid groups (broad SMARTS) is 1. The Bertz CT molecular complexity index is 857. The van der Waals surface area contributed by atoms with Crippen molar-refractivity contribution < 1.29 is 27.8 Å². The lowest BCUT2D eigenvalue weighted by molar-refractivity contribution is -0.274. The van der Waals surface area contributed by atoms with Crippen LogP contribution in [0, 0.1) is 0 Å². The van der Waals surface area contributed by atoms with Crippen molar-refractivity contribution in [1.29, 1.82) is 0 Å². The fourth-order valence-corrected chi connectivity index (χ4v) is 2.23. The molecule has 0 spiro atoms. The van der Waals surface area contributed by atoms with Gasteiger partial charge >= 0.3 is 12.3 Å². The van der Waals surface area contributed by atoms with Crippen molar-refractivity contribution in [3.8, 4) is 11.4 Å². The van der Waals surface area contributed by atoms with E-state index >= 15 is 0 Å². The monoisotopic (exact) mass is 340 g/mol. The average molecular weight is 340 g/mol. The molecule has 1 aromatic heterocycles. The number of halogens is 3. The molecule has 0 aliphatic heterocycles. The molecule has 1 N–H and O–H groups in total. The van der Waals surface area contributed by atoms with Gasteiger partial charge in [-0.05, 0) is 31.0 Å². The van der Waals surface area contributed by atoms with Gasteiger partial charge in [-0.25, -0.2) is 4.79 Å². The van der Waals surface area contributed by atoms with Gasteiger partial charge in [-0.1, -0.05) is 6.07 Å². The van der Waals surface area contributed by atoms with Crippen molar-refractivity contribution >= 4 is 5.97 Å². The highest BCUT2D eigenvalue weighted by molar-refractivity contribution is 5.87. The highest BCUT2D eigenvalue weighted by atomic mass is 19.4. The van der Waals surface area contributed by atoms with E-state index in [0.717, 1.165) is 29.7 Å². The smallest absolute Gasteiger partial charge is 0.477 e. The SMILES string of the molecule is O=C(O)c1cc(C2CC2)nn(-c2cccc(OC(F)(F)F)c2)c1=O. The molecule has 1 aromatic carbocycles. The Morgan fingerprint density at radius 3 is 2.58 bits per heavy atom. The van der Waals surface area contributed by atoms with E-state index in [9.17, 15) is 22.8 Å². The number of carbonyl (C=O) groups is 1. The van der Waals surface area contributed by atoms with Gasteiger partial charge in [0.2, 0.25) is 0 Å². The molecule has 6 nitrogen and oxygen atoms in total. The molecule has 1 aliphatic rings. The Kier molecular flexibility index (Phi) is 3.78. The maximum atomic E-state index is 12.3. The summed E-state index contributed by atoms with van der Waals surface area (Å²) < 4.78 is 41.6. The van der Waals surface area contributed by atoms with E-state index in [2.05, 4.69) is 9.84 Å². The molecular formula is C15H11F3N2O4. The first-order valence-electron chi connectivity index (χ1n) is 6.98. The van der Waals surface area contributed by atoms with E-state index < -0.39 is 29.2 Å². The Balaban J connectivity index is 2.10. The van der Waals surface area contributed by atoms with Crippen LogP contribution in [0.5, 0.6) is 5.75 Å². The van der Waals surface area contributed by atoms with Crippen LogP contribution in [-0.4, -0.2) is 27.2 Å². The number of aromatic carboxylic acids is 1. The third-order valence-corrected chi connectivity index (χ3v) is 3.45. The summed E-state index contributed by atoms with van der Waals surface area (Å²) in [4.78, 5) is 23.5. The number of hydrogen-bond acceptors (Lipinski definition) is 4. The van der Waals surface area contributed by atoms with E-state index in [4.69, 9.17) is 5.11 Å². The molecule has 1 saturated carbocycles. The van der Waals surface area contributed by atoms with E-state index in [-0.39, 0.29) is 11.6 Å². The van der Waals surface area contributed by atoms with Gasteiger partial charge in [0, 0.05) is 12.0 Å². The zero-order valence-electron chi connectivity index (χ0n) is 12.1. The Labute approximate surface area is 133 Å². The predicted octanol–water partition coefficient (Wildman–Crippen LogP) is 2.71. The normalized spacial score (nSPS) is 14.5. The van der Waals surface area contributed by atoms with Gasteiger partial charge in [0.15, 0.2) is 0 Å². The van der Waals surface area contributed by atoms with Crippen LogP contribution >= 0.6 is 0 Å². The molecule has 0 radical (unpaired) electrons. The first kappa shape index (κ1) is 16.0. The van der Waals surface area contributed by atoms with Crippen molar-refractivity contribution in [3.05, 3.63) is 51.9 Å². The lowest BCUT2D eigenvalue weighted by Gasteiger charge is -2.12. The summed E-state index contributed by atoms with van der Waals surface area (Å²) in [6.07, 6.45) is -3.23. The molecular weight excluding hydrogens is 329 g/mol. The predicted molar refractivity (Wildman–Crippen MR) is 75.5 cm³/mol. The standard InChI is InChI=1S/C15H11F3N2O4/c16-15(17,18)24-10-3-1-2-9(6-10)20-13(21)11(14(22)23)7-12(19-20)8-4-5-8/h1-3,6-8H,4-5H2,(H,22,23). The Morgan fingerprint density at radius 1 is 1.29 bits per heavy atom. The van der Waals surface area contributed by atoms with Gasteiger partial charge in [0.05, 0.1) is 11.4 Å². The average Bonchev–Trinajstić information content (AvgIpc) is 3.30. The quantitative estimate of drug-likeness (QED) is 0.925. The third-order valence-electron chi connectivity index (χ3n) is 3.45. The zero-order chi connectivity index (χ0) is 17.5. The number of rotatable bonds is 4. The summed E-state index contributed by atoms with van der Waals surface area (Å²) in [5.41, 5.74) is -0.981. The number of carboxylic acids is 1. The van der Waals surface area contributed by atoms with Crippen LogP contribution < -0.4 is 10.3 Å². The minimum absolute atomic E-state index is 0.00764. The molecule has 2 aromatic rings. The topological polar surface area (TPSA) is 81.4 Å². The molecule has 24 heavy (non-hydrogen) atoms. The van der Waals surface area contributed by atoms with E-state index in [0.29, 0.717) is 5.69 Å². The maximum absolute atomic E-state index is 12.3. The molecule has 1 aliphatic carbocycles. The van der Waals surface area contributed by atoms with Gasteiger partial charge in [-0.3, -0.25) is 4.79 Å². The van der Waals surface area contributed by atoms with Crippen molar-refractivity contribution in [3.63, 3.8) is 0 Å². The molecule has 3 rings (SSSR count). The summed E-state index contributed by atoms with van der Waals surface area (Å²) in [5.74, 6) is -1.88. The largest absolute Gasteiger partial charge is 0.573 e. The van der Waals surface area contributed by atoms with Crippen LogP contribution in [0.25, 0.3) is 5.69 Å². The number of ether oxygens (including phenoxy) is 1. The van der Waals surface area contributed by atoms with Gasteiger partial charge in [0.25, 0.3) is 5.56 Å². The molecule has 0 unspecified atom stereocenters. The molecule has 0 amide bonds. The van der Waals surface area contributed by atoms with Crippen molar-refractivity contribution in [2.24, 2.45) is 0 Å². The molecule has 1 heterocycles. The van der Waals surface area contributed by atoms with Crippen molar-refractivity contribution in [2.45, 2.75) is 25.1 Å². The second-order valence-electron chi connectivity index (χ2n) is 5.32. The van der Waals surface area contributed by atoms with Crippen molar-refractivity contribution in [2.75, 3.05) is 0 Å². The summed E-state index contributed by atoms with van der Waals surface area (Å²) in [7, 11) is 0. The lowest BCUT2D eigenvalue weighted by atomic mass is 10.2. The van der Waals surface area contributed by atoms with Crippen LogP contribution in [0.2, 0.25) is 0 Å². The van der Waals surface area contributed by atoms with Crippen LogP contribution in [0.3, 0.4) is 0 Å². The molecule has 1 fully saturated rings. The number of nitrogens with zero attached hydrogens (tertiary/aromatic N) is 2. The second kappa shape index (κ2) is 5.66. The number of hydrogen-bond donors (Lipinski definition) is 1. The van der Waals surface area contributed by atoms with E-state index in [1.54, 1.807) is 0 Å². The van der Waals surface area contributed by atoms with Gasteiger partial charge in [0.1, 0.15) is 11.3 Å². The Hall–Kier alpha value is -2.84. The third kappa shape index (κ3) is 3.39. The van der Waals surface area contributed by atoms with Crippen LogP contribution in [0.1, 0.15) is 34.8 Å². The molecule has 126 valence electrons. The number of aromatic nitrogens is 2. The lowest BCUT2D eigenvalue weighted by Crippen LogP contribution is -2.28. The molecule has 0 saturated heterocycles. The summed E-state index contributed by atoms with van der Waals surface area (Å²) >= 11 is 0. The van der Waals surface area contributed by atoms with Gasteiger partial charge in [-0.15, -0.1) is 13.2 Å². The summed E-state index contributed by atoms with van der Waals surface area (Å²) in [6.45, 7) is 0. The first-order chi connectivity index (χ1) is 11.2. The molecule has 0 atom stereocenters. The highest BCUT2D eigenvalue weighted by Crippen LogP contribution is 2.38. The minimum atomic E-state index is -4.88. The Morgan fingerprint density at radius 2 is 2.00 bits per heavy atom. The minimum Gasteiger partial charge on any atom is -0.477 e. The van der Waals surface area contributed by atoms with Crippen LogP contribution in [-0.2, 0) is 0 Å². The molecule has 0 bridgehead atoms. The van der Waals surface area contributed by atoms with E-state index in [1.165, 1.54) is 18.2 Å². The fourth-order valence-electron chi connectivity index (χ4n) is 2.23. The fraction of sp³-hybridized carbons (Fsp3) is 0.267. The molecule has 9 heteroatoms. The van der Waals surface area contributed by atoms with Gasteiger partial charge in [-0.2, -0.15) is 9.78 Å². The first-order valence-corrected chi connectivity index (χ1v) is 6.98. The van der Waals surface area contributed by atoms with Gasteiger partial charge < -0.3 is 9.84 Å².